The van der Waals surface area contributed by atoms with Crippen LogP contribution in [0.2, 0.25) is 0 Å². The molecule has 6 rings (SSSR count). The van der Waals surface area contributed by atoms with E-state index in [0.717, 1.165) is 50.5 Å². The Morgan fingerprint density at radius 2 is 2.03 bits per heavy atom. The molecule has 2 amide bonds. The molecule has 0 aromatic carbocycles. The van der Waals surface area contributed by atoms with Crippen LogP contribution in [0.4, 0.5) is 11.5 Å². The number of anilines is 2. The highest BCUT2D eigenvalue weighted by Crippen LogP contribution is 2.36. The maximum absolute atomic E-state index is 13.5. The minimum absolute atomic E-state index is 0.189. The lowest BCUT2D eigenvalue weighted by molar-refractivity contribution is -0.146. The van der Waals surface area contributed by atoms with Gasteiger partial charge in [0.15, 0.2) is 0 Å². The molecule has 38 heavy (non-hydrogen) atoms. The second-order valence-electron chi connectivity index (χ2n) is 10.6. The molecule has 11 nitrogen and oxygen atoms in total. The third-order valence-corrected chi connectivity index (χ3v) is 7.52. The zero-order chi connectivity index (χ0) is 26.2. The van der Waals surface area contributed by atoms with Crippen LogP contribution in [0.25, 0.3) is 10.9 Å². The zero-order valence-corrected chi connectivity index (χ0v) is 21.5. The highest BCUT2D eigenvalue weighted by Gasteiger charge is 2.35. The minimum atomic E-state index is -0.732. The van der Waals surface area contributed by atoms with Gasteiger partial charge in [-0.25, -0.2) is 14.6 Å². The van der Waals surface area contributed by atoms with Gasteiger partial charge >= 0.3 is 11.8 Å². The van der Waals surface area contributed by atoms with Crippen LogP contribution >= 0.6 is 0 Å². The number of fused-ring (bicyclic) bond motifs is 1. The van der Waals surface area contributed by atoms with Crippen molar-refractivity contribution in [3.8, 4) is 5.88 Å². The number of carbonyl (C=O) groups is 2. The largest absolute Gasteiger partial charge is 0.474 e. The van der Waals surface area contributed by atoms with Crippen LogP contribution in [0.15, 0.2) is 30.7 Å². The summed E-state index contributed by atoms with van der Waals surface area (Å²) in [5.41, 5.74) is 7.85. The van der Waals surface area contributed by atoms with Crippen molar-refractivity contribution < 1.29 is 19.1 Å². The van der Waals surface area contributed by atoms with Crippen LogP contribution in [0, 0.1) is 5.92 Å². The van der Waals surface area contributed by atoms with Crippen LogP contribution in [0.3, 0.4) is 0 Å². The minimum Gasteiger partial charge on any atom is -0.474 e. The van der Waals surface area contributed by atoms with Crippen molar-refractivity contribution in [2.24, 2.45) is 5.92 Å². The number of ether oxygens (including phenoxy) is 2. The molecule has 1 aliphatic carbocycles. The first-order valence-electron chi connectivity index (χ1n) is 13.5. The van der Waals surface area contributed by atoms with Crippen LogP contribution in [0.1, 0.15) is 69.7 Å². The molecule has 0 radical (unpaired) electrons. The highest BCUT2D eigenvalue weighted by molar-refractivity contribution is 6.40. The summed E-state index contributed by atoms with van der Waals surface area (Å²) in [5.74, 6) is -0.179. The molecule has 3 aliphatic rings. The number of hydrogen-bond acceptors (Lipinski definition) is 8. The normalized spacial score (nSPS) is 23.8. The molecule has 3 atom stereocenters. The molecular formula is C27H33N7O4. The molecular weight excluding hydrogens is 486 g/mol. The summed E-state index contributed by atoms with van der Waals surface area (Å²) in [7, 11) is 0. The number of amides is 2. The summed E-state index contributed by atoms with van der Waals surface area (Å²) in [4.78, 5) is 37.0. The number of piperidine rings is 1. The second-order valence-corrected chi connectivity index (χ2v) is 10.6. The van der Waals surface area contributed by atoms with Crippen LogP contribution in [-0.4, -0.2) is 55.7 Å². The molecule has 3 aromatic rings. The Balaban J connectivity index is 1.23. The number of nitrogen functional groups attached to an aromatic ring is 1. The summed E-state index contributed by atoms with van der Waals surface area (Å²) in [5, 5.41) is 8.01. The number of hydrogen-bond donors (Lipinski definition) is 2. The van der Waals surface area contributed by atoms with Gasteiger partial charge in [0.2, 0.25) is 5.88 Å². The Morgan fingerprint density at radius 1 is 1.16 bits per heavy atom. The van der Waals surface area contributed by atoms with Crippen molar-refractivity contribution in [1.29, 1.82) is 0 Å². The predicted octanol–water partition coefficient (Wildman–Crippen LogP) is 3.59. The van der Waals surface area contributed by atoms with Crippen LogP contribution < -0.4 is 15.8 Å². The highest BCUT2D eigenvalue weighted by atomic mass is 16.5. The lowest BCUT2D eigenvalue weighted by Crippen LogP contribution is -2.46. The van der Waals surface area contributed by atoms with E-state index in [1.165, 1.54) is 6.20 Å². The van der Waals surface area contributed by atoms with E-state index >= 15 is 0 Å². The quantitative estimate of drug-likeness (QED) is 0.488. The third-order valence-electron chi connectivity index (χ3n) is 7.52. The van der Waals surface area contributed by atoms with E-state index in [-0.39, 0.29) is 24.3 Å². The first kappa shape index (κ1) is 24.6. The number of nitrogens with zero attached hydrogens (tertiary/aromatic N) is 5. The van der Waals surface area contributed by atoms with Crippen molar-refractivity contribution >= 4 is 34.2 Å². The molecule has 0 bridgehead atoms. The van der Waals surface area contributed by atoms with Gasteiger partial charge < -0.3 is 25.4 Å². The molecule has 0 spiro atoms. The molecule has 2 saturated heterocycles. The average Bonchev–Trinajstić information content (AvgIpc) is 3.63. The van der Waals surface area contributed by atoms with Crippen molar-refractivity contribution in [2.45, 2.75) is 70.2 Å². The second kappa shape index (κ2) is 10.2. The number of nitrogens with one attached hydrogen (secondary N) is 1. The first-order valence-corrected chi connectivity index (χ1v) is 13.5. The van der Waals surface area contributed by atoms with Gasteiger partial charge in [-0.2, -0.15) is 5.10 Å². The zero-order valence-electron chi connectivity index (χ0n) is 21.5. The molecule has 200 valence electrons. The SMILES string of the molecule is C[C@H]1CC[C@H](c2ccnc(OC3CC3)c2)N(C(=O)C(=O)Nc2cnc(N)c3cn(C4CCCCO4)nc23)C1. The Morgan fingerprint density at radius 3 is 2.82 bits per heavy atom. The maximum Gasteiger partial charge on any atom is 0.314 e. The van der Waals surface area contributed by atoms with Crippen molar-refractivity contribution in [3.63, 3.8) is 0 Å². The van der Waals surface area contributed by atoms with E-state index < -0.39 is 11.8 Å². The monoisotopic (exact) mass is 519 g/mol. The van der Waals surface area contributed by atoms with Crippen molar-refractivity contribution in [2.75, 3.05) is 24.2 Å². The fourth-order valence-corrected chi connectivity index (χ4v) is 5.30. The Labute approximate surface area is 220 Å². The lowest BCUT2D eigenvalue weighted by atomic mass is 9.90. The Hall–Kier alpha value is -3.73. The van der Waals surface area contributed by atoms with E-state index in [1.807, 2.05) is 12.1 Å². The maximum atomic E-state index is 13.5. The fourth-order valence-electron chi connectivity index (χ4n) is 5.30. The summed E-state index contributed by atoms with van der Waals surface area (Å²) in [6.45, 7) is 3.25. The molecule has 3 fully saturated rings. The smallest absolute Gasteiger partial charge is 0.314 e. The Bertz CT molecular complexity index is 1350. The topological polar surface area (TPSA) is 137 Å². The summed E-state index contributed by atoms with van der Waals surface area (Å²) < 4.78 is 13.4. The average molecular weight is 520 g/mol. The molecule has 2 aliphatic heterocycles. The third kappa shape index (κ3) is 5.02. The van der Waals surface area contributed by atoms with Gasteiger partial charge in [-0.1, -0.05) is 6.92 Å². The van der Waals surface area contributed by atoms with Gasteiger partial charge in [0.25, 0.3) is 0 Å². The van der Waals surface area contributed by atoms with Gasteiger partial charge in [-0.05, 0) is 62.5 Å². The molecule has 11 heteroatoms. The number of nitrogens with two attached hydrogens (primary N) is 1. The van der Waals surface area contributed by atoms with E-state index in [9.17, 15) is 9.59 Å². The molecule has 5 heterocycles. The summed E-state index contributed by atoms with van der Waals surface area (Å²) in [6, 6.07) is 3.55. The fraction of sp³-hybridized carbons (Fsp3) is 0.519. The van der Waals surface area contributed by atoms with Gasteiger partial charge in [0, 0.05) is 31.6 Å². The number of pyridine rings is 2. The van der Waals surface area contributed by atoms with Gasteiger partial charge in [-0.3, -0.25) is 9.59 Å². The molecule has 3 N–H and O–H groups in total. The molecule has 3 aromatic heterocycles. The Kier molecular flexibility index (Phi) is 6.61. The van der Waals surface area contributed by atoms with Crippen molar-refractivity contribution in [3.05, 3.63) is 36.3 Å². The van der Waals surface area contributed by atoms with Crippen molar-refractivity contribution in [1.82, 2.24) is 24.6 Å². The number of aromatic nitrogens is 4. The van der Waals surface area contributed by atoms with E-state index in [0.29, 0.717) is 41.4 Å². The van der Waals surface area contributed by atoms with E-state index in [1.54, 1.807) is 22.0 Å². The number of carbonyl (C=O) groups excluding carboxylic acids is 2. The predicted molar refractivity (Wildman–Crippen MR) is 140 cm³/mol. The number of likely N-dealkylation sites (tertiary alicyclic amines) is 1. The first-order chi connectivity index (χ1) is 18.5. The van der Waals surface area contributed by atoms with Gasteiger partial charge in [-0.15, -0.1) is 0 Å². The summed E-state index contributed by atoms with van der Waals surface area (Å²) >= 11 is 0. The standard InChI is InChI=1S/C27H33N7O4/c1-16-5-8-21(17-9-10-29-22(12-17)38-18-6-7-18)33(14-16)27(36)26(35)31-20-13-30-25(28)19-15-34(32-24(19)20)23-4-2-3-11-37-23/h9-10,12-13,15-16,18,21,23H,2-8,11,14H2,1H3,(H2,28,30)(H,31,35)/t16-,21+,23?/m0/s1. The lowest BCUT2D eigenvalue weighted by Gasteiger charge is -2.38. The van der Waals surface area contributed by atoms with Crippen LogP contribution in [0.5, 0.6) is 5.88 Å². The molecule has 1 unspecified atom stereocenters. The van der Waals surface area contributed by atoms with E-state index in [4.69, 9.17) is 15.2 Å². The molecule has 1 saturated carbocycles. The summed E-state index contributed by atoms with van der Waals surface area (Å²) in [6.07, 6.45) is 11.7. The van der Waals surface area contributed by atoms with Gasteiger partial charge in [0.1, 0.15) is 23.7 Å². The number of rotatable bonds is 5. The van der Waals surface area contributed by atoms with E-state index in [2.05, 4.69) is 27.3 Å². The van der Waals surface area contributed by atoms with Crippen LogP contribution in [-0.2, 0) is 14.3 Å². The van der Waals surface area contributed by atoms with Gasteiger partial charge in [0.05, 0.1) is 23.3 Å².